The molecular formula is C21H27FN2O4S. The first kappa shape index (κ1) is 21.7. The van der Waals surface area contributed by atoms with Crippen molar-refractivity contribution in [2.75, 3.05) is 39.3 Å². The number of sulfonamides is 1. The molecule has 6 nitrogen and oxygen atoms in total. The van der Waals surface area contributed by atoms with E-state index < -0.39 is 21.9 Å². The minimum atomic E-state index is -3.71. The summed E-state index contributed by atoms with van der Waals surface area (Å²) >= 11 is 0. The molecule has 0 amide bonds. The second-order valence-electron chi connectivity index (χ2n) is 7.45. The molecule has 8 heteroatoms. The fourth-order valence-corrected chi connectivity index (χ4v) is 4.94. The number of nitrogens with zero attached hydrogens (tertiary/aromatic N) is 2. The molecule has 0 aromatic heterocycles. The molecule has 2 aromatic rings. The van der Waals surface area contributed by atoms with Gasteiger partial charge in [-0.2, -0.15) is 4.31 Å². The summed E-state index contributed by atoms with van der Waals surface area (Å²) in [5, 5.41) is 10.3. The molecule has 1 aliphatic rings. The Kier molecular flexibility index (Phi) is 6.89. The minimum absolute atomic E-state index is 0.0344. The number of benzene rings is 2. The highest BCUT2D eigenvalue weighted by Crippen LogP contribution is 2.19. The molecular weight excluding hydrogens is 395 g/mol. The van der Waals surface area contributed by atoms with Crippen molar-refractivity contribution in [3.05, 3.63) is 59.4 Å². The summed E-state index contributed by atoms with van der Waals surface area (Å²) in [6.07, 6.45) is -0.679. The SMILES string of the molecule is Cc1cc(C)cc(OCC(O)CN2CCN(S(=O)(=O)c3cccc(F)c3)CC2)c1. The molecule has 0 aliphatic carbocycles. The lowest BCUT2D eigenvalue weighted by atomic mass is 10.1. The number of aliphatic hydroxyl groups excluding tert-OH is 1. The van der Waals surface area contributed by atoms with Gasteiger partial charge in [-0.15, -0.1) is 0 Å². The van der Waals surface area contributed by atoms with E-state index in [1.54, 1.807) is 0 Å². The average Bonchev–Trinajstić information content (AvgIpc) is 2.66. The van der Waals surface area contributed by atoms with Crippen LogP contribution in [0, 0.1) is 19.7 Å². The molecule has 1 heterocycles. The van der Waals surface area contributed by atoms with Gasteiger partial charge in [0.1, 0.15) is 24.3 Å². The van der Waals surface area contributed by atoms with Crippen LogP contribution in [0.4, 0.5) is 4.39 Å². The van der Waals surface area contributed by atoms with Crippen molar-refractivity contribution in [1.82, 2.24) is 9.21 Å². The fourth-order valence-electron chi connectivity index (χ4n) is 3.49. The molecule has 1 fully saturated rings. The predicted octanol–water partition coefficient (Wildman–Crippen LogP) is 2.19. The van der Waals surface area contributed by atoms with E-state index in [1.165, 1.54) is 22.5 Å². The topological polar surface area (TPSA) is 70.1 Å². The Balaban J connectivity index is 1.49. The standard InChI is InChI=1S/C21H27FN2O4S/c1-16-10-17(2)12-20(11-16)28-15-19(25)14-23-6-8-24(9-7-23)29(26,27)21-5-3-4-18(22)13-21/h3-5,10-13,19,25H,6-9,14-15H2,1-2H3. The average molecular weight is 423 g/mol. The van der Waals surface area contributed by atoms with Crippen molar-refractivity contribution in [3.63, 3.8) is 0 Å². The van der Waals surface area contributed by atoms with Gasteiger partial charge < -0.3 is 9.84 Å². The van der Waals surface area contributed by atoms with E-state index in [9.17, 15) is 17.9 Å². The second kappa shape index (κ2) is 9.21. The van der Waals surface area contributed by atoms with Crippen LogP contribution < -0.4 is 4.74 Å². The number of hydrogen-bond donors (Lipinski definition) is 1. The van der Waals surface area contributed by atoms with Gasteiger partial charge in [-0.3, -0.25) is 4.90 Å². The summed E-state index contributed by atoms with van der Waals surface area (Å²) in [6.45, 7) is 6.14. The molecule has 1 N–H and O–H groups in total. The largest absolute Gasteiger partial charge is 0.491 e. The van der Waals surface area contributed by atoms with Crippen LogP contribution in [-0.2, 0) is 10.0 Å². The van der Waals surface area contributed by atoms with Crippen LogP contribution in [0.15, 0.2) is 47.4 Å². The zero-order chi connectivity index (χ0) is 21.0. The molecule has 158 valence electrons. The van der Waals surface area contributed by atoms with Crippen LogP contribution in [0.1, 0.15) is 11.1 Å². The first-order valence-electron chi connectivity index (χ1n) is 9.61. The molecule has 1 saturated heterocycles. The number of ether oxygens (including phenoxy) is 1. The van der Waals surface area contributed by atoms with Crippen molar-refractivity contribution in [2.45, 2.75) is 24.8 Å². The summed E-state index contributed by atoms with van der Waals surface area (Å²) in [5.41, 5.74) is 2.20. The Morgan fingerprint density at radius 2 is 1.72 bits per heavy atom. The van der Waals surface area contributed by atoms with Crippen LogP contribution in [0.25, 0.3) is 0 Å². The predicted molar refractivity (Wildman–Crippen MR) is 109 cm³/mol. The van der Waals surface area contributed by atoms with Gasteiger partial charge in [0, 0.05) is 32.7 Å². The molecule has 0 bridgehead atoms. The highest BCUT2D eigenvalue weighted by Gasteiger charge is 2.29. The summed E-state index contributed by atoms with van der Waals surface area (Å²) < 4.78 is 45.7. The van der Waals surface area contributed by atoms with E-state index in [1.807, 2.05) is 30.9 Å². The van der Waals surface area contributed by atoms with Gasteiger partial charge in [-0.05, 0) is 55.3 Å². The van der Waals surface area contributed by atoms with E-state index >= 15 is 0 Å². The third-order valence-electron chi connectivity index (χ3n) is 4.87. The number of piperazine rings is 1. The number of aryl methyl sites for hydroxylation is 2. The fraction of sp³-hybridized carbons (Fsp3) is 0.429. The second-order valence-corrected chi connectivity index (χ2v) is 9.39. The van der Waals surface area contributed by atoms with Gasteiger partial charge in [0.15, 0.2) is 0 Å². The van der Waals surface area contributed by atoms with Crippen molar-refractivity contribution >= 4 is 10.0 Å². The maximum Gasteiger partial charge on any atom is 0.243 e. The molecule has 3 rings (SSSR count). The lowest BCUT2D eigenvalue weighted by Crippen LogP contribution is -2.50. The summed E-state index contributed by atoms with van der Waals surface area (Å²) in [5.74, 6) is 0.157. The maximum atomic E-state index is 13.4. The number of β-amino-alcohol motifs (C(OH)–C–C–N with tert-alkyl or cyclic N) is 1. The summed E-state index contributed by atoms with van der Waals surface area (Å²) in [4.78, 5) is 1.97. The first-order valence-corrected chi connectivity index (χ1v) is 11.1. The third-order valence-corrected chi connectivity index (χ3v) is 6.77. The third kappa shape index (κ3) is 5.76. The Hall–Kier alpha value is -2.00. The van der Waals surface area contributed by atoms with Gasteiger partial charge in [-0.25, -0.2) is 12.8 Å². The summed E-state index contributed by atoms with van der Waals surface area (Å²) in [7, 11) is -3.71. The van der Waals surface area contributed by atoms with Crippen LogP contribution in [0.2, 0.25) is 0 Å². The highest BCUT2D eigenvalue weighted by molar-refractivity contribution is 7.89. The molecule has 0 saturated carbocycles. The van der Waals surface area contributed by atoms with Gasteiger partial charge in [0.2, 0.25) is 10.0 Å². The van der Waals surface area contributed by atoms with Crippen molar-refractivity contribution in [3.8, 4) is 5.75 Å². The highest BCUT2D eigenvalue weighted by atomic mass is 32.2. The van der Waals surface area contributed by atoms with Crippen molar-refractivity contribution < 1.29 is 22.7 Å². The van der Waals surface area contributed by atoms with Crippen molar-refractivity contribution in [2.24, 2.45) is 0 Å². The van der Waals surface area contributed by atoms with Gasteiger partial charge in [0.05, 0.1) is 4.90 Å². The van der Waals surface area contributed by atoms with Crippen LogP contribution in [0.5, 0.6) is 5.75 Å². The Morgan fingerprint density at radius 3 is 2.34 bits per heavy atom. The number of rotatable bonds is 7. The monoisotopic (exact) mass is 422 g/mol. The zero-order valence-electron chi connectivity index (χ0n) is 16.7. The first-order chi connectivity index (χ1) is 13.7. The molecule has 1 unspecified atom stereocenters. The van der Waals surface area contributed by atoms with E-state index in [0.29, 0.717) is 32.7 Å². The van der Waals surface area contributed by atoms with Gasteiger partial charge >= 0.3 is 0 Å². The molecule has 0 radical (unpaired) electrons. The Labute approximate surface area is 171 Å². The Morgan fingerprint density at radius 1 is 1.07 bits per heavy atom. The lowest BCUT2D eigenvalue weighted by molar-refractivity contribution is 0.0568. The van der Waals surface area contributed by atoms with Gasteiger partial charge in [-0.1, -0.05) is 12.1 Å². The number of aliphatic hydroxyl groups is 1. The molecule has 29 heavy (non-hydrogen) atoms. The normalized spacial score (nSPS) is 17.2. The quantitative estimate of drug-likeness (QED) is 0.741. The molecule has 1 atom stereocenters. The van der Waals surface area contributed by atoms with E-state index in [4.69, 9.17) is 4.74 Å². The number of halogens is 1. The number of hydrogen-bond acceptors (Lipinski definition) is 5. The molecule has 0 spiro atoms. The van der Waals surface area contributed by atoms with Gasteiger partial charge in [0.25, 0.3) is 0 Å². The summed E-state index contributed by atoms with van der Waals surface area (Å²) in [6, 6.07) is 11.0. The molecule has 2 aromatic carbocycles. The van der Waals surface area contributed by atoms with Crippen LogP contribution in [0.3, 0.4) is 0 Å². The van der Waals surface area contributed by atoms with E-state index in [2.05, 4.69) is 6.07 Å². The lowest BCUT2D eigenvalue weighted by Gasteiger charge is -2.34. The smallest absolute Gasteiger partial charge is 0.243 e. The van der Waals surface area contributed by atoms with E-state index in [-0.39, 0.29) is 11.5 Å². The van der Waals surface area contributed by atoms with E-state index in [0.717, 1.165) is 22.9 Å². The zero-order valence-corrected chi connectivity index (χ0v) is 17.5. The minimum Gasteiger partial charge on any atom is -0.491 e. The Bertz CT molecular complexity index is 923. The van der Waals surface area contributed by atoms with Crippen LogP contribution in [-0.4, -0.2) is 68.2 Å². The maximum absolute atomic E-state index is 13.4. The van der Waals surface area contributed by atoms with Crippen LogP contribution >= 0.6 is 0 Å². The molecule has 1 aliphatic heterocycles. The van der Waals surface area contributed by atoms with Crippen molar-refractivity contribution in [1.29, 1.82) is 0 Å².